The Bertz CT molecular complexity index is 539. The molecule has 1 aliphatic heterocycles. The van der Waals surface area contributed by atoms with Crippen LogP contribution in [0.3, 0.4) is 0 Å². The van der Waals surface area contributed by atoms with E-state index in [-0.39, 0.29) is 5.54 Å². The highest BCUT2D eigenvalue weighted by Crippen LogP contribution is 2.41. The molecule has 2 nitrogen and oxygen atoms in total. The molecule has 0 bridgehead atoms. The van der Waals surface area contributed by atoms with Crippen LogP contribution < -0.4 is 5.73 Å². The van der Waals surface area contributed by atoms with Gasteiger partial charge in [-0.2, -0.15) is 0 Å². The molecule has 1 heterocycles. The second-order valence-corrected chi connectivity index (χ2v) is 5.76. The van der Waals surface area contributed by atoms with E-state index in [0.717, 1.165) is 12.2 Å². The van der Waals surface area contributed by atoms with Crippen LogP contribution in [0.5, 0.6) is 0 Å². The molecule has 0 radical (unpaired) electrons. The standard InChI is InChI=1S/C16H16N2S/c17-15-18-16(11-12-19-15,13-7-3-1-4-8-13)14-9-5-2-6-10-14/h1-10H,11-12H2,(H2,17,18). The Balaban J connectivity index is 2.20. The minimum atomic E-state index is -0.322. The summed E-state index contributed by atoms with van der Waals surface area (Å²) < 4.78 is 0. The van der Waals surface area contributed by atoms with Crippen molar-refractivity contribution in [2.24, 2.45) is 10.7 Å². The monoisotopic (exact) mass is 268 g/mol. The summed E-state index contributed by atoms with van der Waals surface area (Å²) in [5.74, 6) is 0.999. The number of rotatable bonds is 2. The third-order valence-corrected chi connectivity index (χ3v) is 4.31. The summed E-state index contributed by atoms with van der Waals surface area (Å²) in [5, 5.41) is 0.680. The number of nitrogens with zero attached hydrogens (tertiary/aromatic N) is 1. The van der Waals surface area contributed by atoms with E-state index in [0.29, 0.717) is 5.17 Å². The van der Waals surface area contributed by atoms with E-state index in [2.05, 4.69) is 48.5 Å². The second kappa shape index (κ2) is 5.10. The lowest BCUT2D eigenvalue weighted by Gasteiger charge is -2.34. The average molecular weight is 268 g/mol. The summed E-state index contributed by atoms with van der Waals surface area (Å²) in [6, 6.07) is 20.9. The fourth-order valence-electron chi connectivity index (χ4n) is 2.59. The molecule has 2 aromatic carbocycles. The largest absolute Gasteiger partial charge is 0.379 e. The molecule has 3 rings (SSSR count). The number of hydrogen-bond acceptors (Lipinski definition) is 3. The van der Waals surface area contributed by atoms with Gasteiger partial charge in [-0.15, -0.1) is 0 Å². The molecule has 0 unspecified atom stereocenters. The summed E-state index contributed by atoms with van der Waals surface area (Å²) >= 11 is 1.64. The SMILES string of the molecule is NC1=NC(c2ccccc2)(c2ccccc2)CCS1. The smallest absolute Gasteiger partial charge is 0.155 e. The Hall–Kier alpha value is -1.74. The van der Waals surface area contributed by atoms with E-state index in [1.165, 1.54) is 11.1 Å². The summed E-state index contributed by atoms with van der Waals surface area (Å²) in [7, 11) is 0. The van der Waals surface area contributed by atoms with Crippen LogP contribution in [0.2, 0.25) is 0 Å². The van der Waals surface area contributed by atoms with Gasteiger partial charge in [0.15, 0.2) is 5.17 Å². The molecule has 0 amide bonds. The number of nitrogens with two attached hydrogens (primary N) is 1. The molecule has 0 atom stereocenters. The van der Waals surface area contributed by atoms with Crippen LogP contribution in [-0.2, 0) is 5.54 Å². The first-order chi connectivity index (χ1) is 9.31. The van der Waals surface area contributed by atoms with Gasteiger partial charge < -0.3 is 5.73 Å². The molecule has 0 saturated heterocycles. The molecule has 0 spiro atoms. The zero-order valence-corrected chi connectivity index (χ0v) is 11.4. The Morgan fingerprint density at radius 3 is 1.89 bits per heavy atom. The Kier molecular flexibility index (Phi) is 3.30. The van der Waals surface area contributed by atoms with Gasteiger partial charge in [0.1, 0.15) is 5.54 Å². The van der Waals surface area contributed by atoms with Crippen molar-refractivity contribution in [2.45, 2.75) is 12.0 Å². The van der Waals surface area contributed by atoms with Gasteiger partial charge in [-0.3, -0.25) is 0 Å². The van der Waals surface area contributed by atoms with Crippen molar-refractivity contribution in [1.82, 2.24) is 0 Å². The predicted octanol–water partition coefficient (Wildman–Crippen LogP) is 3.38. The van der Waals surface area contributed by atoms with Crippen LogP contribution in [0.1, 0.15) is 17.5 Å². The molecule has 1 aliphatic rings. The first-order valence-electron chi connectivity index (χ1n) is 6.40. The predicted molar refractivity (Wildman–Crippen MR) is 82.4 cm³/mol. The maximum absolute atomic E-state index is 6.00. The summed E-state index contributed by atoms with van der Waals surface area (Å²) in [6.45, 7) is 0. The van der Waals surface area contributed by atoms with Crippen LogP contribution >= 0.6 is 11.8 Å². The lowest BCUT2D eigenvalue weighted by molar-refractivity contribution is 0.524. The molecule has 2 N–H and O–H groups in total. The van der Waals surface area contributed by atoms with Crippen LogP contribution in [0.25, 0.3) is 0 Å². The fourth-order valence-corrected chi connectivity index (χ4v) is 3.42. The fraction of sp³-hybridized carbons (Fsp3) is 0.188. The molecular formula is C16H16N2S. The zero-order chi connectivity index (χ0) is 13.1. The van der Waals surface area contributed by atoms with E-state index < -0.39 is 0 Å². The first kappa shape index (κ1) is 12.3. The number of aliphatic imine (C=N–C) groups is 1. The van der Waals surface area contributed by atoms with Gasteiger partial charge in [0.05, 0.1) is 0 Å². The third kappa shape index (κ3) is 2.26. The normalized spacial score (nSPS) is 17.8. The van der Waals surface area contributed by atoms with Crippen LogP contribution in [0.15, 0.2) is 65.7 Å². The van der Waals surface area contributed by atoms with Gasteiger partial charge in [0.25, 0.3) is 0 Å². The topological polar surface area (TPSA) is 38.4 Å². The van der Waals surface area contributed by atoms with Crippen molar-refractivity contribution in [3.05, 3.63) is 71.8 Å². The molecule has 0 aromatic heterocycles. The van der Waals surface area contributed by atoms with Crippen molar-refractivity contribution in [1.29, 1.82) is 0 Å². The second-order valence-electron chi connectivity index (χ2n) is 4.64. The van der Waals surface area contributed by atoms with E-state index >= 15 is 0 Å². The van der Waals surface area contributed by atoms with Gasteiger partial charge in [0, 0.05) is 5.75 Å². The summed E-state index contributed by atoms with van der Waals surface area (Å²) in [6.07, 6.45) is 0.979. The van der Waals surface area contributed by atoms with Crippen molar-refractivity contribution >= 4 is 16.9 Å². The van der Waals surface area contributed by atoms with E-state index in [9.17, 15) is 0 Å². The summed E-state index contributed by atoms with van der Waals surface area (Å²) in [5.41, 5.74) is 8.10. The van der Waals surface area contributed by atoms with Gasteiger partial charge in [-0.1, -0.05) is 72.4 Å². The molecule has 2 aromatic rings. The molecule has 96 valence electrons. The molecule has 0 fully saturated rings. The molecular weight excluding hydrogens is 252 g/mol. The lowest BCUT2D eigenvalue weighted by atomic mass is 9.81. The van der Waals surface area contributed by atoms with Gasteiger partial charge in [-0.25, -0.2) is 4.99 Å². The molecule has 0 aliphatic carbocycles. The Labute approximate surface area is 117 Å². The van der Waals surface area contributed by atoms with Crippen molar-refractivity contribution in [3.8, 4) is 0 Å². The van der Waals surface area contributed by atoms with Crippen molar-refractivity contribution < 1.29 is 0 Å². The van der Waals surface area contributed by atoms with Crippen molar-refractivity contribution in [2.75, 3.05) is 5.75 Å². The maximum atomic E-state index is 6.00. The number of hydrogen-bond donors (Lipinski definition) is 1. The maximum Gasteiger partial charge on any atom is 0.155 e. The molecule has 3 heteroatoms. The van der Waals surface area contributed by atoms with Crippen LogP contribution in [0.4, 0.5) is 0 Å². The molecule has 19 heavy (non-hydrogen) atoms. The lowest BCUT2D eigenvalue weighted by Crippen LogP contribution is -2.32. The minimum Gasteiger partial charge on any atom is -0.379 e. The first-order valence-corrected chi connectivity index (χ1v) is 7.39. The Morgan fingerprint density at radius 2 is 1.42 bits per heavy atom. The number of benzene rings is 2. The highest BCUT2D eigenvalue weighted by molar-refractivity contribution is 8.13. The van der Waals surface area contributed by atoms with E-state index in [1.54, 1.807) is 11.8 Å². The number of thioether (sulfide) groups is 1. The van der Waals surface area contributed by atoms with Crippen LogP contribution in [0, 0.1) is 0 Å². The quantitative estimate of drug-likeness (QED) is 0.906. The Morgan fingerprint density at radius 1 is 0.895 bits per heavy atom. The third-order valence-electron chi connectivity index (χ3n) is 3.52. The molecule has 0 saturated carbocycles. The minimum absolute atomic E-state index is 0.322. The highest BCUT2D eigenvalue weighted by atomic mass is 32.2. The zero-order valence-electron chi connectivity index (χ0n) is 10.6. The summed E-state index contributed by atoms with van der Waals surface area (Å²) in [4.78, 5) is 4.81. The van der Waals surface area contributed by atoms with E-state index in [4.69, 9.17) is 10.7 Å². The van der Waals surface area contributed by atoms with Gasteiger partial charge in [0.2, 0.25) is 0 Å². The van der Waals surface area contributed by atoms with Crippen molar-refractivity contribution in [3.63, 3.8) is 0 Å². The van der Waals surface area contributed by atoms with Gasteiger partial charge >= 0.3 is 0 Å². The number of amidine groups is 1. The average Bonchev–Trinajstić information content (AvgIpc) is 2.49. The highest BCUT2D eigenvalue weighted by Gasteiger charge is 2.36. The van der Waals surface area contributed by atoms with Gasteiger partial charge in [-0.05, 0) is 17.5 Å². The van der Waals surface area contributed by atoms with Crippen LogP contribution in [-0.4, -0.2) is 10.9 Å². The van der Waals surface area contributed by atoms with E-state index in [1.807, 2.05) is 12.1 Å².